The van der Waals surface area contributed by atoms with E-state index in [0.29, 0.717) is 23.8 Å². The molecule has 0 saturated heterocycles. The zero-order chi connectivity index (χ0) is 22.2. The minimum absolute atomic E-state index is 0.412. The number of hydrogen-bond donors (Lipinski definition) is 2. The molecule has 9 nitrogen and oxygen atoms in total. The third-order valence-corrected chi connectivity index (χ3v) is 5.73. The molecule has 0 aliphatic rings. The standard InChI is InChI=1S/C20H25ClN8OS/c1-4-5-17-20(24-19(31-17)11-14-6-8-22-25-14)29(3)16(13-30)7-9-23-28(2)12-15-10-18(21)27-26-15/h6-10,13H,4-5,11-12H2,1-3H3,(H,22,25)(H,26,27)/b16-7+,23-9-. The molecule has 11 heteroatoms. The predicted molar refractivity (Wildman–Crippen MR) is 124 cm³/mol. The monoisotopic (exact) mass is 460 g/mol. The molecule has 0 spiro atoms. The summed E-state index contributed by atoms with van der Waals surface area (Å²) in [6.07, 6.45) is 8.38. The first-order valence-corrected chi connectivity index (χ1v) is 11.0. The number of aryl methyl sites for hydroxylation is 1. The summed E-state index contributed by atoms with van der Waals surface area (Å²) in [6, 6.07) is 3.68. The van der Waals surface area contributed by atoms with Crippen LogP contribution in [0.2, 0.25) is 5.15 Å². The number of H-pyrrole nitrogens is 2. The van der Waals surface area contributed by atoms with Crippen LogP contribution in [-0.4, -0.2) is 57.0 Å². The normalized spacial score (nSPS) is 11.9. The highest BCUT2D eigenvalue weighted by molar-refractivity contribution is 7.12. The molecule has 2 N–H and O–H groups in total. The van der Waals surface area contributed by atoms with E-state index < -0.39 is 0 Å². The Labute approximate surface area is 189 Å². The summed E-state index contributed by atoms with van der Waals surface area (Å²) in [5.41, 5.74) is 2.32. The van der Waals surface area contributed by atoms with E-state index in [1.807, 2.05) is 25.1 Å². The van der Waals surface area contributed by atoms with Crippen molar-refractivity contribution in [3.8, 4) is 0 Å². The number of hydrazone groups is 1. The number of hydrogen-bond acceptors (Lipinski definition) is 8. The van der Waals surface area contributed by atoms with Crippen molar-refractivity contribution in [2.75, 3.05) is 19.0 Å². The van der Waals surface area contributed by atoms with Crippen LogP contribution in [0.5, 0.6) is 0 Å². The number of carbonyl (C=O) groups excluding carboxylic acids is 1. The van der Waals surface area contributed by atoms with Gasteiger partial charge in [-0.25, -0.2) is 4.98 Å². The van der Waals surface area contributed by atoms with Crippen LogP contribution >= 0.6 is 22.9 Å². The summed E-state index contributed by atoms with van der Waals surface area (Å²) in [7, 11) is 3.67. The molecule has 0 aromatic carbocycles. The number of halogens is 1. The van der Waals surface area contributed by atoms with Crippen molar-refractivity contribution in [1.82, 2.24) is 30.4 Å². The summed E-state index contributed by atoms with van der Waals surface area (Å²) in [5.74, 6) is 0.800. The van der Waals surface area contributed by atoms with Gasteiger partial charge >= 0.3 is 0 Å². The molecule has 0 aliphatic carbocycles. The van der Waals surface area contributed by atoms with Crippen LogP contribution in [0.1, 0.15) is 34.6 Å². The van der Waals surface area contributed by atoms with Crippen molar-refractivity contribution in [1.29, 1.82) is 0 Å². The van der Waals surface area contributed by atoms with Crippen molar-refractivity contribution in [2.24, 2.45) is 5.10 Å². The molecule has 3 aromatic heterocycles. The lowest BCUT2D eigenvalue weighted by molar-refractivity contribution is -0.104. The molecule has 0 bridgehead atoms. The van der Waals surface area contributed by atoms with Gasteiger partial charge in [0, 0.05) is 49.6 Å². The van der Waals surface area contributed by atoms with Gasteiger partial charge in [0.05, 0.1) is 17.9 Å². The van der Waals surface area contributed by atoms with Crippen LogP contribution in [0.25, 0.3) is 0 Å². The van der Waals surface area contributed by atoms with Crippen molar-refractivity contribution in [2.45, 2.75) is 32.7 Å². The van der Waals surface area contributed by atoms with Gasteiger partial charge < -0.3 is 4.90 Å². The molecule has 0 aliphatic heterocycles. The van der Waals surface area contributed by atoms with Crippen LogP contribution in [0.3, 0.4) is 0 Å². The van der Waals surface area contributed by atoms with Crippen LogP contribution in [-0.2, 0) is 24.2 Å². The van der Waals surface area contributed by atoms with E-state index in [4.69, 9.17) is 16.6 Å². The minimum atomic E-state index is 0.412. The molecule has 0 fully saturated rings. The smallest absolute Gasteiger partial charge is 0.166 e. The van der Waals surface area contributed by atoms with E-state index in [1.54, 1.807) is 40.9 Å². The zero-order valence-electron chi connectivity index (χ0n) is 17.7. The molecule has 3 rings (SSSR count). The van der Waals surface area contributed by atoms with Crippen molar-refractivity contribution >= 4 is 41.3 Å². The highest BCUT2D eigenvalue weighted by Crippen LogP contribution is 2.30. The molecule has 31 heavy (non-hydrogen) atoms. The van der Waals surface area contributed by atoms with Gasteiger partial charge in [0.15, 0.2) is 11.4 Å². The number of nitrogens with zero attached hydrogens (tertiary/aromatic N) is 6. The van der Waals surface area contributed by atoms with Crippen LogP contribution in [0.4, 0.5) is 5.82 Å². The summed E-state index contributed by atoms with van der Waals surface area (Å²) < 4.78 is 0. The summed E-state index contributed by atoms with van der Waals surface area (Å²) in [4.78, 5) is 19.5. The largest absolute Gasteiger partial charge is 0.326 e. The highest BCUT2D eigenvalue weighted by atomic mass is 35.5. The number of aldehydes is 1. The van der Waals surface area contributed by atoms with Gasteiger partial charge in [-0.15, -0.1) is 11.3 Å². The maximum absolute atomic E-state index is 11.8. The summed E-state index contributed by atoms with van der Waals surface area (Å²) in [5, 5.41) is 21.1. The quantitative estimate of drug-likeness (QED) is 0.196. The first kappa shape index (κ1) is 22.7. The Morgan fingerprint density at radius 1 is 1.32 bits per heavy atom. The molecular formula is C20H25ClN8OS. The second-order valence-corrected chi connectivity index (χ2v) is 8.48. The average Bonchev–Trinajstić information content (AvgIpc) is 3.48. The Hall–Kier alpha value is -2.98. The van der Waals surface area contributed by atoms with Gasteiger partial charge in [0.25, 0.3) is 0 Å². The molecule has 0 amide bonds. The fourth-order valence-corrected chi connectivity index (χ4v) is 4.34. The Bertz CT molecular complexity index is 1040. The number of aromatic nitrogens is 5. The number of anilines is 1. The van der Waals surface area contributed by atoms with Gasteiger partial charge in [0.1, 0.15) is 10.8 Å². The number of nitrogens with one attached hydrogen (secondary N) is 2. The highest BCUT2D eigenvalue weighted by Gasteiger charge is 2.17. The van der Waals surface area contributed by atoms with Crippen molar-refractivity contribution in [3.05, 3.63) is 56.5 Å². The van der Waals surface area contributed by atoms with Gasteiger partial charge in [0.2, 0.25) is 0 Å². The predicted octanol–water partition coefficient (Wildman–Crippen LogP) is 3.42. The molecular weight excluding hydrogens is 436 g/mol. The maximum Gasteiger partial charge on any atom is 0.166 e. The van der Waals surface area contributed by atoms with Gasteiger partial charge in [-0.3, -0.25) is 20.0 Å². The van der Waals surface area contributed by atoms with Crippen LogP contribution < -0.4 is 4.90 Å². The van der Waals surface area contributed by atoms with Crippen molar-refractivity contribution in [3.63, 3.8) is 0 Å². The van der Waals surface area contributed by atoms with Gasteiger partial charge in [-0.05, 0) is 18.6 Å². The Kier molecular flexibility index (Phi) is 7.96. The lowest BCUT2D eigenvalue weighted by atomic mass is 10.2. The molecule has 0 unspecified atom stereocenters. The minimum Gasteiger partial charge on any atom is -0.326 e. The third-order valence-electron chi connectivity index (χ3n) is 4.43. The van der Waals surface area contributed by atoms with Crippen LogP contribution in [0, 0.1) is 0 Å². The van der Waals surface area contributed by atoms with E-state index >= 15 is 0 Å². The summed E-state index contributed by atoms with van der Waals surface area (Å²) in [6.45, 7) is 2.64. The Morgan fingerprint density at radius 2 is 2.16 bits per heavy atom. The van der Waals surface area contributed by atoms with Gasteiger partial charge in [-0.2, -0.15) is 15.3 Å². The third kappa shape index (κ3) is 6.25. The number of allylic oxidation sites excluding steroid dienone is 2. The van der Waals surface area contributed by atoms with E-state index in [0.717, 1.165) is 46.2 Å². The molecule has 3 heterocycles. The van der Waals surface area contributed by atoms with E-state index in [1.165, 1.54) is 0 Å². The molecule has 0 saturated carbocycles. The summed E-state index contributed by atoms with van der Waals surface area (Å²) >= 11 is 7.48. The number of thiazole rings is 1. The lowest BCUT2D eigenvalue weighted by Crippen LogP contribution is -2.19. The second kappa shape index (κ2) is 10.9. The molecule has 3 aromatic rings. The molecule has 164 valence electrons. The number of likely N-dealkylation sites (N-methyl/N-ethyl adjacent to an activating group) is 1. The first-order chi connectivity index (χ1) is 15.0. The zero-order valence-corrected chi connectivity index (χ0v) is 19.2. The fraction of sp³-hybridized carbons (Fsp3) is 0.350. The number of rotatable bonds is 11. The van der Waals surface area contributed by atoms with E-state index in [9.17, 15) is 4.79 Å². The molecule has 0 atom stereocenters. The van der Waals surface area contributed by atoms with E-state index in [2.05, 4.69) is 32.4 Å². The number of carbonyl (C=O) groups is 1. The molecule has 0 radical (unpaired) electrons. The van der Waals surface area contributed by atoms with Gasteiger partial charge in [-0.1, -0.05) is 24.9 Å². The Morgan fingerprint density at radius 3 is 2.81 bits per heavy atom. The maximum atomic E-state index is 11.8. The second-order valence-electron chi connectivity index (χ2n) is 6.93. The van der Waals surface area contributed by atoms with E-state index in [-0.39, 0.29) is 0 Å². The van der Waals surface area contributed by atoms with Crippen molar-refractivity contribution < 1.29 is 4.79 Å². The lowest BCUT2D eigenvalue weighted by Gasteiger charge is -2.17. The first-order valence-electron chi connectivity index (χ1n) is 9.81. The fourth-order valence-electron chi connectivity index (χ4n) is 2.94. The Balaban J connectivity index is 1.72. The topological polar surface area (TPSA) is 106 Å². The van der Waals surface area contributed by atoms with Crippen LogP contribution in [0.15, 0.2) is 35.2 Å². The average molecular weight is 461 g/mol. The number of aromatic amines is 2. The SMILES string of the molecule is CCCc1sc(Cc2ccn[nH]2)nc1N(C)/C(C=O)=C/C=N\N(C)Cc1cc(Cl)n[nH]1.